The van der Waals surface area contributed by atoms with Crippen molar-refractivity contribution in [1.29, 1.82) is 0 Å². The van der Waals surface area contributed by atoms with E-state index in [9.17, 15) is 4.79 Å². The third-order valence-electron chi connectivity index (χ3n) is 5.73. The quantitative estimate of drug-likeness (QED) is 0.344. The second-order valence-corrected chi connectivity index (χ2v) is 7.65. The Labute approximate surface area is 197 Å². The lowest BCUT2D eigenvalue weighted by atomic mass is 10.1. The molecule has 30 heavy (non-hydrogen) atoms. The number of nitrogens with zero attached hydrogens (tertiary/aromatic N) is 4. The molecular weight excluding hydrogens is 493 g/mol. The van der Waals surface area contributed by atoms with Crippen LogP contribution >= 0.6 is 24.0 Å². The normalized spacial score (nSPS) is 18.1. The number of rotatable bonds is 6. The van der Waals surface area contributed by atoms with Gasteiger partial charge >= 0.3 is 0 Å². The Hall–Kier alpha value is -1.39. The summed E-state index contributed by atoms with van der Waals surface area (Å²) in [5.74, 6) is 1.17. The van der Waals surface area contributed by atoms with Crippen LogP contribution in [0.2, 0.25) is 0 Å². The lowest BCUT2D eigenvalue weighted by Gasteiger charge is -2.37. The zero-order chi connectivity index (χ0) is 20.5. The molecule has 3 rings (SSSR count). The number of aryl methyl sites for hydroxylation is 1. The molecule has 168 valence electrons. The number of piperazine rings is 1. The first kappa shape index (κ1) is 24.9. The summed E-state index contributed by atoms with van der Waals surface area (Å²) >= 11 is 0. The highest BCUT2D eigenvalue weighted by atomic mass is 127. The standard InChI is InChI=1S/C22H35N5O2.HI/c1-3-19-4-6-20(7-5-19)8-9-24-22(23-2)27-12-10-25(11-13-27)18-21(28)26-14-16-29-17-15-26;/h4-7H,3,8-18H2,1-2H3,(H,23,24);1H. The van der Waals surface area contributed by atoms with Gasteiger partial charge in [-0.2, -0.15) is 0 Å². The summed E-state index contributed by atoms with van der Waals surface area (Å²) in [7, 11) is 1.84. The highest BCUT2D eigenvalue weighted by Crippen LogP contribution is 2.07. The maximum absolute atomic E-state index is 12.4. The first-order chi connectivity index (χ1) is 14.2. The fraction of sp³-hybridized carbons (Fsp3) is 0.636. The number of aliphatic imine (C=N–C) groups is 1. The van der Waals surface area contributed by atoms with E-state index >= 15 is 0 Å². The molecule has 1 aromatic carbocycles. The fourth-order valence-corrected chi connectivity index (χ4v) is 3.81. The number of benzene rings is 1. The van der Waals surface area contributed by atoms with Gasteiger partial charge < -0.3 is 19.9 Å². The lowest BCUT2D eigenvalue weighted by molar-refractivity contribution is -0.136. The molecule has 2 aliphatic heterocycles. The molecule has 2 heterocycles. The predicted molar refractivity (Wildman–Crippen MR) is 132 cm³/mol. The topological polar surface area (TPSA) is 60.4 Å². The van der Waals surface area contributed by atoms with Gasteiger partial charge in [0.2, 0.25) is 5.91 Å². The van der Waals surface area contributed by atoms with Crippen molar-refractivity contribution in [2.45, 2.75) is 19.8 Å². The van der Waals surface area contributed by atoms with Gasteiger partial charge in [0.05, 0.1) is 19.8 Å². The molecule has 0 atom stereocenters. The van der Waals surface area contributed by atoms with E-state index < -0.39 is 0 Å². The molecule has 2 saturated heterocycles. The van der Waals surface area contributed by atoms with Crippen molar-refractivity contribution in [3.05, 3.63) is 35.4 Å². The average Bonchev–Trinajstić information content (AvgIpc) is 2.78. The monoisotopic (exact) mass is 529 g/mol. The van der Waals surface area contributed by atoms with E-state index in [1.54, 1.807) is 0 Å². The Bertz CT molecular complexity index is 669. The van der Waals surface area contributed by atoms with Gasteiger partial charge in [-0.15, -0.1) is 24.0 Å². The van der Waals surface area contributed by atoms with Crippen LogP contribution in [0.25, 0.3) is 0 Å². The average molecular weight is 529 g/mol. The number of amides is 1. The second-order valence-electron chi connectivity index (χ2n) is 7.65. The number of carbonyl (C=O) groups is 1. The minimum absolute atomic E-state index is 0. The van der Waals surface area contributed by atoms with Crippen molar-refractivity contribution in [2.75, 3.05) is 72.6 Å². The van der Waals surface area contributed by atoms with Gasteiger partial charge in [-0.05, 0) is 24.0 Å². The van der Waals surface area contributed by atoms with Crippen LogP contribution in [0.1, 0.15) is 18.1 Å². The van der Waals surface area contributed by atoms with Crippen molar-refractivity contribution in [1.82, 2.24) is 20.0 Å². The van der Waals surface area contributed by atoms with Crippen LogP contribution in [0.4, 0.5) is 0 Å². The number of hydrogen-bond acceptors (Lipinski definition) is 4. The summed E-state index contributed by atoms with van der Waals surface area (Å²) in [6.45, 7) is 9.86. The largest absolute Gasteiger partial charge is 0.378 e. The molecule has 0 aliphatic carbocycles. The number of halogens is 1. The summed E-state index contributed by atoms with van der Waals surface area (Å²) in [5.41, 5.74) is 2.72. The van der Waals surface area contributed by atoms with Crippen LogP contribution in [0.5, 0.6) is 0 Å². The molecule has 0 unspecified atom stereocenters. The van der Waals surface area contributed by atoms with E-state index in [1.807, 2.05) is 11.9 Å². The highest BCUT2D eigenvalue weighted by Gasteiger charge is 2.24. The molecule has 0 aromatic heterocycles. The maximum Gasteiger partial charge on any atom is 0.236 e. The van der Waals surface area contributed by atoms with E-state index in [0.717, 1.165) is 64.6 Å². The van der Waals surface area contributed by atoms with Crippen molar-refractivity contribution in [3.8, 4) is 0 Å². The smallest absolute Gasteiger partial charge is 0.236 e. The van der Waals surface area contributed by atoms with Gasteiger partial charge in [-0.25, -0.2) is 0 Å². The highest BCUT2D eigenvalue weighted by molar-refractivity contribution is 14.0. The number of carbonyl (C=O) groups excluding carboxylic acids is 1. The molecule has 0 bridgehead atoms. The molecule has 8 heteroatoms. The summed E-state index contributed by atoms with van der Waals surface area (Å²) < 4.78 is 5.33. The van der Waals surface area contributed by atoms with E-state index in [4.69, 9.17) is 4.74 Å². The van der Waals surface area contributed by atoms with Gasteiger partial charge in [0.1, 0.15) is 0 Å². The molecule has 1 aromatic rings. The summed E-state index contributed by atoms with van der Waals surface area (Å²) in [6.07, 6.45) is 2.06. The van der Waals surface area contributed by atoms with Gasteiger partial charge in [-0.3, -0.25) is 14.7 Å². The van der Waals surface area contributed by atoms with Gasteiger partial charge in [-0.1, -0.05) is 31.2 Å². The van der Waals surface area contributed by atoms with Crippen molar-refractivity contribution < 1.29 is 9.53 Å². The zero-order valence-corrected chi connectivity index (χ0v) is 20.6. The van der Waals surface area contributed by atoms with Gasteiger partial charge in [0.25, 0.3) is 0 Å². The van der Waals surface area contributed by atoms with Crippen LogP contribution in [0.15, 0.2) is 29.3 Å². The molecule has 7 nitrogen and oxygen atoms in total. The van der Waals surface area contributed by atoms with Crippen molar-refractivity contribution in [3.63, 3.8) is 0 Å². The number of ether oxygens (including phenoxy) is 1. The van der Waals surface area contributed by atoms with Gasteiger partial charge in [0, 0.05) is 52.9 Å². The predicted octanol–water partition coefficient (Wildman–Crippen LogP) is 1.46. The first-order valence-corrected chi connectivity index (χ1v) is 10.8. The summed E-state index contributed by atoms with van der Waals surface area (Å²) in [5, 5.41) is 3.49. The Morgan fingerprint density at radius 1 is 1.00 bits per heavy atom. The fourth-order valence-electron chi connectivity index (χ4n) is 3.81. The minimum Gasteiger partial charge on any atom is -0.378 e. The molecule has 2 aliphatic rings. The van der Waals surface area contributed by atoms with Crippen LogP contribution in [0, 0.1) is 0 Å². The maximum atomic E-state index is 12.4. The van der Waals surface area contributed by atoms with E-state index in [1.165, 1.54) is 11.1 Å². The van der Waals surface area contributed by atoms with E-state index in [-0.39, 0.29) is 29.9 Å². The van der Waals surface area contributed by atoms with E-state index in [2.05, 4.69) is 51.3 Å². The summed E-state index contributed by atoms with van der Waals surface area (Å²) in [6, 6.07) is 8.85. The summed E-state index contributed by atoms with van der Waals surface area (Å²) in [4.78, 5) is 23.3. The third kappa shape index (κ3) is 7.39. The molecule has 0 radical (unpaired) electrons. The van der Waals surface area contributed by atoms with Crippen LogP contribution in [0.3, 0.4) is 0 Å². The second kappa shape index (κ2) is 13.1. The van der Waals surface area contributed by atoms with Crippen molar-refractivity contribution >= 4 is 35.8 Å². The lowest BCUT2D eigenvalue weighted by Crippen LogP contribution is -2.55. The molecule has 0 spiro atoms. The Morgan fingerprint density at radius 2 is 1.63 bits per heavy atom. The molecule has 1 amide bonds. The Kier molecular flexibility index (Phi) is 10.9. The first-order valence-electron chi connectivity index (χ1n) is 10.8. The van der Waals surface area contributed by atoms with Crippen molar-refractivity contribution in [2.24, 2.45) is 4.99 Å². The zero-order valence-electron chi connectivity index (χ0n) is 18.3. The SMILES string of the molecule is CCc1ccc(CCNC(=NC)N2CCN(CC(=O)N3CCOCC3)CC2)cc1.I. The van der Waals surface area contributed by atoms with Crippen LogP contribution in [-0.2, 0) is 22.4 Å². The molecule has 2 fully saturated rings. The molecule has 0 saturated carbocycles. The van der Waals surface area contributed by atoms with Gasteiger partial charge in [0.15, 0.2) is 5.96 Å². The number of guanidine groups is 1. The number of nitrogens with one attached hydrogen (secondary N) is 1. The third-order valence-corrected chi connectivity index (χ3v) is 5.73. The number of hydrogen-bond donors (Lipinski definition) is 1. The number of morpholine rings is 1. The van der Waals surface area contributed by atoms with E-state index in [0.29, 0.717) is 19.8 Å². The van der Waals surface area contributed by atoms with Crippen LogP contribution < -0.4 is 5.32 Å². The molecular formula is C22H36IN5O2. The minimum atomic E-state index is 0. The van der Waals surface area contributed by atoms with Crippen LogP contribution in [-0.4, -0.2) is 99.2 Å². The Morgan fingerprint density at radius 3 is 2.23 bits per heavy atom. The Balaban J connectivity index is 0.00000320. The molecule has 1 N–H and O–H groups in total.